The highest BCUT2D eigenvalue weighted by Gasteiger charge is 2.15. The third kappa shape index (κ3) is 3.32. The molecule has 0 saturated heterocycles. The lowest BCUT2D eigenvalue weighted by molar-refractivity contribution is 0.347. The summed E-state index contributed by atoms with van der Waals surface area (Å²) in [5, 5.41) is 8.57. The van der Waals surface area contributed by atoms with Gasteiger partial charge in [-0.3, -0.25) is 4.68 Å². The van der Waals surface area contributed by atoms with Crippen molar-refractivity contribution in [2.24, 2.45) is 5.73 Å². The van der Waals surface area contributed by atoms with Crippen LogP contribution in [-0.2, 0) is 13.0 Å². The minimum absolute atomic E-state index is 0.164. The summed E-state index contributed by atoms with van der Waals surface area (Å²) in [7, 11) is 0. The van der Waals surface area contributed by atoms with E-state index in [1.165, 1.54) is 0 Å². The summed E-state index contributed by atoms with van der Waals surface area (Å²) < 4.78 is 7.38. The first-order valence-electron chi connectivity index (χ1n) is 7.71. The number of nitrogens with two attached hydrogens (primary N) is 1. The maximum Gasteiger partial charge on any atom is 0.229 e. The third-order valence-electron chi connectivity index (χ3n) is 3.85. The van der Waals surface area contributed by atoms with E-state index in [0.717, 1.165) is 22.5 Å². The Labute approximate surface area is 135 Å². The van der Waals surface area contributed by atoms with E-state index in [4.69, 9.17) is 10.3 Å². The minimum atomic E-state index is 0.164. The molecule has 0 aliphatic carbocycles. The predicted octanol–water partition coefficient (Wildman–Crippen LogP) is 2.81. The van der Waals surface area contributed by atoms with Crippen LogP contribution in [0.5, 0.6) is 0 Å². The number of aryl methyl sites for hydroxylation is 2. The number of hydrogen-bond donors (Lipinski definition) is 1. The molecule has 6 nitrogen and oxygen atoms in total. The molecule has 3 rings (SSSR count). The number of aromatic nitrogens is 4. The quantitative estimate of drug-likeness (QED) is 0.783. The topological polar surface area (TPSA) is 82.8 Å². The van der Waals surface area contributed by atoms with Gasteiger partial charge in [-0.2, -0.15) is 10.1 Å². The van der Waals surface area contributed by atoms with Crippen molar-refractivity contribution in [3.63, 3.8) is 0 Å². The van der Waals surface area contributed by atoms with Crippen LogP contribution >= 0.6 is 0 Å². The number of rotatable bonds is 5. The Morgan fingerprint density at radius 3 is 2.57 bits per heavy atom. The lowest BCUT2D eigenvalue weighted by Crippen LogP contribution is -2.11. The van der Waals surface area contributed by atoms with Crippen LogP contribution < -0.4 is 5.73 Å². The molecule has 6 heteroatoms. The Bertz CT molecular complexity index is 788. The average Bonchev–Trinajstić information content (AvgIpc) is 3.13. The SMILES string of the molecule is Cc1cc(C)n(C(C)Cc2nc(-c3ccc(CN)cc3)no2)n1. The molecule has 2 aromatic heterocycles. The molecule has 3 aromatic rings. The molecule has 0 fully saturated rings. The minimum Gasteiger partial charge on any atom is -0.339 e. The van der Waals surface area contributed by atoms with Gasteiger partial charge in [0, 0.05) is 24.2 Å². The van der Waals surface area contributed by atoms with Crippen molar-refractivity contribution >= 4 is 0 Å². The number of benzene rings is 1. The van der Waals surface area contributed by atoms with Gasteiger partial charge in [-0.25, -0.2) is 0 Å². The van der Waals surface area contributed by atoms with E-state index in [1.807, 2.05) is 35.9 Å². The molecule has 0 bridgehead atoms. The van der Waals surface area contributed by atoms with Crippen LogP contribution in [0.1, 0.15) is 35.8 Å². The van der Waals surface area contributed by atoms with Crippen LogP contribution in [0.15, 0.2) is 34.9 Å². The largest absolute Gasteiger partial charge is 0.339 e. The summed E-state index contributed by atoms with van der Waals surface area (Å²) in [5.41, 5.74) is 9.76. The van der Waals surface area contributed by atoms with Crippen LogP contribution in [-0.4, -0.2) is 19.9 Å². The fraction of sp³-hybridized carbons (Fsp3) is 0.353. The summed E-state index contributed by atoms with van der Waals surface area (Å²) in [5.74, 6) is 1.21. The Hall–Kier alpha value is -2.47. The zero-order valence-electron chi connectivity index (χ0n) is 13.7. The molecule has 1 atom stereocenters. The van der Waals surface area contributed by atoms with Crippen molar-refractivity contribution < 1.29 is 4.52 Å². The Morgan fingerprint density at radius 2 is 1.96 bits per heavy atom. The van der Waals surface area contributed by atoms with Gasteiger partial charge in [-0.15, -0.1) is 0 Å². The van der Waals surface area contributed by atoms with E-state index in [1.54, 1.807) is 0 Å². The van der Waals surface area contributed by atoms with E-state index >= 15 is 0 Å². The van der Waals surface area contributed by atoms with Crippen LogP contribution in [0, 0.1) is 13.8 Å². The second-order valence-electron chi connectivity index (χ2n) is 5.84. The Morgan fingerprint density at radius 1 is 1.22 bits per heavy atom. The molecule has 0 aliphatic heterocycles. The predicted molar refractivity (Wildman–Crippen MR) is 87.7 cm³/mol. The van der Waals surface area contributed by atoms with Crippen LogP contribution in [0.3, 0.4) is 0 Å². The van der Waals surface area contributed by atoms with E-state index in [-0.39, 0.29) is 6.04 Å². The van der Waals surface area contributed by atoms with Gasteiger partial charge in [-0.1, -0.05) is 29.4 Å². The van der Waals surface area contributed by atoms with Crippen molar-refractivity contribution in [1.82, 2.24) is 19.9 Å². The Kier molecular flexibility index (Phi) is 4.25. The highest BCUT2D eigenvalue weighted by molar-refractivity contribution is 5.54. The fourth-order valence-electron chi connectivity index (χ4n) is 2.68. The standard InChI is InChI=1S/C17H21N5O/c1-11-8-12(2)22(20-11)13(3)9-16-19-17(21-23-16)15-6-4-14(10-18)5-7-15/h4-8,13H,9-10,18H2,1-3H3. The zero-order valence-corrected chi connectivity index (χ0v) is 13.7. The number of nitrogens with zero attached hydrogens (tertiary/aromatic N) is 4. The first kappa shape index (κ1) is 15.4. The van der Waals surface area contributed by atoms with E-state index < -0.39 is 0 Å². The first-order chi connectivity index (χ1) is 11.1. The number of hydrogen-bond acceptors (Lipinski definition) is 5. The first-order valence-corrected chi connectivity index (χ1v) is 7.71. The van der Waals surface area contributed by atoms with Gasteiger partial charge >= 0.3 is 0 Å². The molecule has 23 heavy (non-hydrogen) atoms. The summed E-state index contributed by atoms with van der Waals surface area (Å²) in [6, 6.07) is 10.1. The third-order valence-corrected chi connectivity index (χ3v) is 3.85. The zero-order chi connectivity index (χ0) is 16.4. The molecule has 1 aromatic carbocycles. The molecule has 0 aliphatic rings. The molecule has 120 valence electrons. The lowest BCUT2D eigenvalue weighted by atomic mass is 10.1. The van der Waals surface area contributed by atoms with Gasteiger partial charge in [0.2, 0.25) is 11.7 Å². The molecule has 2 heterocycles. The fourth-order valence-corrected chi connectivity index (χ4v) is 2.68. The maximum atomic E-state index is 5.61. The van der Waals surface area contributed by atoms with Gasteiger partial charge < -0.3 is 10.3 Å². The van der Waals surface area contributed by atoms with Crippen molar-refractivity contribution in [1.29, 1.82) is 0 Å². The average molecular weight is 311 g/mol. The second-order valence-corrected chi connectivity index (χ2v) is 5.84. The normalized spacial score (nSPS) is 12.5. The van der Waals surface area contributed by atoms with E-state index in [9.17, 15) is 0 Å². The van der Waals surface area contributed by atoms with Crippen molar-refractivity contribution in [3.05, 3.63) is 53.2 Å². The van der Waals surface area contributed by atoms with Gasteiger partial charge in [-0.05, 0) is 32.4 Å². The summed E-state index contributed by atoms with van der Waals surface area (Å²) in [6.07, 6.45) is 0.649. The monoisotopic (exact) mass is 311 g/mol. The molecule has 1 unspecified atom stereocenters. The second kappa shape index (κ2) is 6.34. The molecular weight excluding hydrogens is 290 g/mol. The molecule has 0 radical (unpaired) electrons. The molecule has 0 saturated carbocycles. The van der Waals surface area contributed by atoms with Crippen LogP contribution in [0.25, 0.3) is 11.4 Å². The smallest absolute Gasteiger partial charge is 0.229 e. The summed E-state index contributed by atoms with van der Waals surface area (Å²) in [6.45, 7) is 6.66. The van der Waals surface area contributed by atoms with Gasteiger partial charge in [0.15, 0.2) is 0 Å². The summed E-state index contributed by atoms with van der Waals surface area (Å²) >= 11 is 0. The van der Waals surface area contributed by atoms with Gasteiger partial charge in [0.25, 0.3) is 0 Å². The highest BCUT2D eigenvalue weighted by atomic mass is 16.5. The molecular formula is C17H21N5O. The van der Waals surface area contributed by atoms with Crippen LogP contribution in [0.2, 0.25) is 0 Å². The Balaban J connectivity index is 1.75. The maximum absolute atomic E-state index is 5.61. The molecule has 0 spiro atoms. The highest BCUT2D eigenvalue weighted by Crippen LogP contribution is 2.20. The molecule has 2 N–H and O–H groups in total. The van der Waals surface area contributed by atoms with Crippen molar-refractivity contribution in [3.8, 4) is 11.4 Å². The van der Waals surface area contributed by atoms with Crippen molar-refractivity contribution in [2.75, 3.05) is 0 Å². The van der Waals surface area contributed by atoms with E-state index in [0.29, 0.717) is 24.7 Å². The van der Waals surface area contributed by atoms with Crippen LogP contribution in [0.4, 0.5) is 0 Å². The van der Waals surface area contributed by atoms with Gasteiger partial charge in [0.1, 0.15) is 0 Å². The molecule has 0 amide bonds. The van der Waals surface area contributed by atoms with E-state index in [2.05, 4.69) is 35.2 Å². The van der Waals surface area contributed by atoms with Gasteiger partial charge in [0.05, 0.1) is 11.7 Å². The summed E-state index contributed by atoms with van der Waals surface area (Å²) in [4.78, 5) is 4.49. The van der Waals surface area contributed by atoms with Crippen molar-refractivity contribution in [2.45, 2.75) is 39.8 Å². The lowest BCUT2D eigenvalue weighted by Gasteiger charge is -2.11.